The first-order chi connectivity index (χ1) is 15.5. The van der Waals surface area contributed by atoms with Crippen molar-refractivity contribution in [3.8, 4) is 6.07 Å². The van der Waals surface area contributed by atoms with Crippen molar-refractivity contribution in [3.05, 3.63) is 63.6 Å². The second kappa shape index (κ2) is 12.1. The summed E-state index contributed by atoms with van der Waals surface area (Å²) in [7, 11) is 0. The number of hydrogen-bond acceptors (Lipinski definition) is 5. The van der Waals surface area contributed by atoms with Gasteiger partial charge in [0.25, 0.3) is 0 Å². The molecule has 6 nitrogen and oxygen atoms in total. The van der Waals surface area contributed by atoms with Crippen LogP contribution in [-0.2, 0) is 15.3 Å². The van der Waals surface area contributed by atoms with Crippen LogP contribution in [0.4, 0.5) is 5.69 Å². The van der Waals surface area contributed by atoms with E-state index >= 15 is 0 Å². The normalized spacial score (nSPS) is 15.8. The molecular formula is C23H24Cl2N4O2S. The summed E-state index contributed by atoms with van der Waals surface area (Å²) in [5.74, 6) is 1.18. The first-order valence-electron chi connectivity index (χ1n) is 10.3. The summed E-state index contributed by atoms with van der Waals surface area (Å²) in [6.45, 7) is 1.40. The van der Waals surface area contributed by atoms with Crippen LogP contribution < -0.4 is 10.6 Å². The average molecular weight is 491 g/mol. The maximum atomic E-state index is 12.7. The van der Waals surface area contributed by atoms with E-state index in [0.717, 1.165) is 23.5 Å². The SMILES string of the molecule is N#Cc1ccccc1CSCCNC(=O)CN1CCCC1C(=O)Nc1ccc(Cl)cc1Cl. The van der Waals surface area contributed by atoms with E-state index in [-0.39, 0.29) is 24.4 Å². The van der Waals surface area contributed by atoms with Crippen molar-refractivity contribution in [2.45, 2.75) is 24.6 Å². The van der Waals surface area contributed by atoms with E-state index in [2.05, 4.69) is 16.7 Å². The Hall–Kier alpha value is -2.24. The van der Waals surface area contributed by atoms with Gasteiger partial charge in [0.2, 0.25) is 11.8 Å². The van der Waals surface area contributed by atoms with Gasteiger partial charge >= 0.3 is 0 Å². The summed E-state index contributed by atoms with van der Waals surface area (Å²) in [5, 5.41) is 15.8. The molecule has 168 valence electrons. The summed E-state index contributed by atoms with van der Waals surface area (Å²) in [4.78, 5) is 27.0. The van der Waals surface area contributed by atoms with Crippen molar-refractivity contribution in [2.75, 3.05) is 30.7 Å². The zero-order valence-electron chi connectivity index (χ0n) is 17.4. The molecule has 2 aromatic rings. The van der Waals surface area contributed by atoms with Crippen molar-refractivity contribution >= 4 is 52.5 Å². The maximum Gasteiger partial charge on any atom is 0.241 e. The van der Waals surface area contributed by atoms with Crippen LogP contribution in [0.2, 0.25) is 10.0 Å². The van der Waals surface area contributed by atoms with E-state index in [0.29, 0.717) is 40.8 Å². The second-order valence-electron chi connectivity index (χ2n) is 7.41. The van der Waals surface area contributed by atoms with Crippen molar-refractivity contribution in [2.24, 2.45) is 0 Å². The van der Waals surface area contributed by atoms with Crippen LogP contribution in [0.25, 0.3) is 0 Å². The number of anilines is 1. The summed E-state index contributed by atoms with van der Waals surface area (Å²) >= 11 is 13.7. The van der Waals surface area contributed by atoms with Gasteiger partial charge in [0, 0.05) is 23.1 Å². The smallest absolute Gasteiger partial charge is 0.241 e. The van der Waals surface area contributed by atoms with E-state index in [1.54, 1.807) is 36.0 Å². The van der Waals surface area contributed by atoms with Gasteiger partial charge in [-0.15, -0.1) is 0 Å². The summed E-state index contributed by atoms with van der Waals surface area (Å²) in [5.41, 5.74) is 2.19. The largest absolute Gasteiger partial charge is 0.354 e. The number of nitrogens with zero attached hydrogens (tertiary/aromatic N) is 2. The standard InChI is InChI=1S/C23H24Cl2N4O2S/c24-18-7-8-20(19(25)12-18)28-23(31)21-6-3-10-29(21)14-22(30)27-9-11-32-15-17-5-2-1-4-16(17)13-26/h1-2,4-5,7-8,12,21H,3,6,9-11,14-15H2,(H,27,30)(H,28,31). The molecule has 1 saturated heterocycles. The zero-order chi connectivity index (χ0) is 22.9. The Morgan fingerprint density at radius 2 is 2.03 bits per heavy atom. The number of carbonyl (C=O) groups is 2. The van der Waals surface area contributed by atoms with Gasteiger partial charge in [-0.1, -0.05) is 41.4 Å². The highest BCUT2D eigenvalue weighted by Crippen LogP contribution is 2.27. The predicted octanol–water partition coefficient (Wildman–Crippen LogP) is 4.32. The minimum Gasteiger partial charge on any atom is -0.354 e. The third-order valence-corrected chi connectivity index (χ3v) is 6.72. The van der Waals surface area contributed by atoms with Gasteiger partial charge in [-0.05, 0) is 49.2 Å². The molecule has 0 saturated carbocycles. The van der Waals surface area contributed by atoms with Crippen molar-refractivity contribution in [1.29, 1.82) is 5.26 Å². The van der Waals surface area contributed by atoms with Crippen LogP contribution in [0.3, 0.4) is 0 Å². The first kappa shape index (κ1) is 24.4. The van der Waals surface area contributed by atoms with Crippen LogP contribution in [0, 0.1) is 11.3 Å². The van der Waals surface area contributed by atoms with Gasteiger partial charge < -0.3 is 10.6 Å². The lowest BCUT2D eigenvalue weighted by Crippen LogP contribution is -2.45. The molecular weight excluding hydrogens is 467 g/mol. The lowest BCUT2D eigenvalue weighted by Gasteiger charge is -2.23. The zero-order valence-corrected chi connectivity index (χ0v) is 19.8. The molecule has 1 unspecified atom stereocenters. The highest BCUT2D eigenvalue weighted by Gasteiger charge is 2.32. The van der Waals surface area contributed by atoms with Crippen molar-refractivity contribution in [3.63, 3.8) is 0 Å². The Kier molecular flexibility index (Phi) is 9.24. The van der Waals surface area contributed by atoms with Gasteiger partial charge in [-0.2, -0.15) is 17.0 Å². The van der Waals surface area contributed by atoms with Gasteiger partial charge in [0.05, 0.1) is 34.9 Å². The highest BCUT2D eigenvalue weighted by molar-refractivity contribution is 7.98. The van der Waals surface area contributed by atoms with Crippen LogP contribution in [0.1, 0.15) is 24.0 Å². The fourth-order valence-corrected chi connectivity index (χ4v) is 4.88. The van der Waals surface area contributed by atoms with E-state index in [1.165, 1.54) is 0 Å². The molecule has 1 aliphatic heterocycles. The molecule has 0 spiro atoms. The lowest BCUT2D eigenvalue weighted by atomic mass is 10.1. The minimum atomic E-state index is -0.371. The van der Waals surface area contributed by atoms with Gasteiger partial charge in [0.15, 0.2) is 0 Å². The fraction of sp³-hybridized carbons (Fsp3) is 0.348. The molecule has 3 rings (SSSR count). The molecule has 0 aromatic heterocycles. The van der Waals surface area contributed by atoms with E-state index in [1.807, 2.05) is 23.1 Å². The Morgan fingerprint density at radius 1 is 1.22 bits per heavy atom. The van der Waals surface area contributed by atoms with Gasteiger partial charge in [0.1, 0.15) is 0 Å². The quantitative estimate of drug-likeness (QED) is 0.511. The van der Waals surface area contributed by atoms with Crippen molar-refractivity contribution < 1.29 is 9.59 Å². The number of nitrogens with one attached hydrogen (secondary N) is 2. The number of benzene rings is 2. The molecule has 0 bridgehead atoms. The highest BCUT2D eigenvalue weighted by atomic mass is 35.5. The Labute approximate surface area is 202 Å². The lowest BCUT2D eigenvalue weighted by molar-refractivity contribution is -0.124. The third kappa shape index (κ3) is 6.88. The number of hydrogen-bond donors (Lipinski definition) is 2. The fourth-order valence-electron chi connectivity index (χ4n) is 3.56. The number of halogens is 2. The van der Waals surface area contributed by atoms with Crippen molar-refractivity contribution in [1.82, 2.24) is 10.2 Å². The number of rotatable bonds is 9. The Bertz CT molecular complexity index is 1010. The third-order valence-electron chi connectivity index (χ3n) is 5.17. The molecule has 2 N–H and O–H groups in total. The molecule has 2 aromatic carbocycles. The topological polar surface area (TPSA) is 85.2 Å². The Balaban J connectivity index is 1.41. The average Bonchev–Trinajstić information content (AvgIpc) is 3.24. The molecule has 1 aliphatic rings. The van der Waals surface area contributed by atoms with Gasteiger partial charge in [-0.25, -0.2) is 0 Å². The summed E-state index contributed by atoms with van der Waals surface area (Å²) in [6.07, 6.45) is 1.55. The van der Waals surface area contributed by atoms with Crippen LogP contribution >= 0.6 is 35.0 Å². The maximum absolute atomic E-state index is 12.7. The molecule has 1 fully saturated rings. The molecule has 0 radical (unpaired) electrons. The monoisotopic (exact) mass is 490 g/mol. The molecule has 2 amide bonds. The number of likely N-dealkylation sites (tertiary alicyclic amines) is 1. The molecule has 0 aliphatic carbocycles. The second-order valence-corrected chi connectivity index (χ2v) is 9.36. The van der Waals surface area contributed by atoms with Crippen LogP contribution in [0.5, 0.6) is 0 Å². The minimum absolute atomic E-state index is 0.104. The molecule has 1 atom stereocenters. The van der Waals surface area contributed by atoms with E-state index in [4.69, 9.17) is 28.5 Å². The van der Waals surface area contributed by atoms with Crippen LogP contribution in [0.15, 0.2) is 42.5 Å². The molecule has 9 heteroatoms. The predicted molar refractivity (Wildman–Crippen MR) is 130 cm³/mol. The number of nitriles is 1. The number of carbonyl (C=O) groups excluding carboxylic acids is 2. The molecule has 32 heavy (non-hydrogen) atoms. The van der Waals surface area contributed by atoms with E-state index < -0.39 is 0 Å². The van der Waals surface area contributed by atoms with Gasteiger partial charge in [-0.3, -0.25) is 14.5 Å². The number of amides is 2. The summed E-state index contributed by atoms with van der Waals surface area (Å²) in [6, 6.07) is 14.3. The first-order valence-corrected chi connectivity index (χ1v) is 12.2. The Morgan fingerprint density at radius 3 is 2.81 bits per heavy atom. The van der Waals surface area contributed by atoms with E-state index in [9.17, 15) is 9.59 Å². The summed E-state index contributed by atoms with van der Waals surface area (Å²) < 4.78 is 0. The number of thioether (sulfide) groups is 1. The molecule has 1 heterocycles. The van der Waals surface area contributed by atoms with Crippen LogP contribution in [-0.4, -0.2) is 48.1 Å².